The molecular weight excluding hydrogens is 264 g/mol. The minimum absolute atomic E-state index is 0.0818. The minimum atomic E-state index is -0.125. The number of anilines is 1. The molecule has 0 spiro atoms. The Labute approximate surface area is 127 Å². The fraction of sp³-hybridized carbons (Fsp3) is 0.588. The van der Waals surface area contributed by atoms with Crippen molar-refractivity contribution in [1.82, 2.24) is 4.90 Å². The van der Waals surface area contributed by atoms with Gasteiger partial charge in [0.1, 0.15) is 6.04 Å². The molecule has 1 saturated carbocycles. The Balaban J connectivity index is 2.11. The predicted octanol–water partition coefficient (Wildman–Crippen LogP) is 2.97. The van der Waals surface area contributed by atoms with Crippen molar-refractivity contribution in [3.05, 3.63) is 29.8 Å². The molecule has 1 fully saturated rings. The average Bonchev–Trinajstić information content (AvgIpc) is 3.29. The van der Waals surface area contributed by atoms with E-state index in [9.17, 15) is 4.79 Å². The predicted molar refractivity (Wildman–Crippen MR) is 84.7 cm³/mol. The Bertz CT molecular complexity index is 454. The molecule has 116 valence electrons. The molecule has 0 aromatic heterocycles. The fourth-order valence-electron chi connectivity index (χ4n) is 2.66. The third-order valence-corrected chi connectivity index (χ3v) is 3.88. The lowest BCUT2D eigenvalue weighted by molar-refractivity contribution is -0.150. The normalized spacial score (nSPS) is 16.0. The van der Waals surface area contributed by atoms with Crippen LogP contribution in [0.5, 0.6) is 0 Å². The van der Waals surface area contributed by atoms with Crippen molar-refractivity contribution in [3.63, 3.8) is 0 Å². The maximum Gasteiger partial charge on any atom is 0.323 e. The van der Waals surface area contributed by atoms with Crippen molar-refractivity contribution >= 4 is 11.7 Å². The first-order valence-electron chi connectivity index (χ1n) is 7.92. The maximum absolute atomic E-state index is 12.3. The molecule has 1 atom stereocenters. The van der Waals surface area contributed by atoms with Gasteiger partial charge in [0, 0.05) is 18.3 Å². The monoisotopic (exact) mass is 290 g/mol. The van der Waals surface area contributed by atoms with Gasteiger partial charge < -0.3 is 10.5 Å². The van der Waals surface area contributed by atoms with E-state index in [1.807, 2.05) is 31.2 Å². The highest BCUT2D eigenvalue weighted by Gasteiger charge is 2.37. The van der Waals surface area contributed by atoms with Crippen LogP contribution < -0.4 is 5.73 Å². The van der Waals surface area contributed by atoms with Crippen LogP contribution in [-0.2, 0) is 16.1 Å². The van der Waals surface area contributed by atoms with Crippen molar-refractivity contribution in [3.8, 4) is 0 Å². The van der Waals surface area contributed by atoms with Gasteiger partial charge >= 0.3 is 5.97 Å². The summed E-state index contributed by atoms with van der Waals surface area (Å²) in [5.41, 5.74) is 7.70. The topological polar surface area (TPSA) is 55.6 Å². The highest BCUT2D eigenvalue weighted by Crippen LogP contribution is 2.32. The Morgan fingerprint density at radius 3 is 2.52 bits per heavy atom. The molecule has 0 heterocycles. The summed E-state index contributed by atoms with van der Waals surface area (Å²) in [5, 5.41) is 0. The largest absolute Gasteiger partial charge is 0.465 e. The highest BCUT2D eigenvalue weighted by atomic mass is 16.5. The number of nitrogens with two attached hydrogens (primary N) is 1. The molecule has 0 saturated heterocycles. The van der Waals surface area contributed by atoms with E-state index in [4.69, 9.17) is 10.5 Å². The van der Waals surface area contributed by atoms with Gasteiger partial charge in [0.05, 0.1) is 6.61 Å². The first kappa shape index (κ1) is 15.8. The van der Waals surface area contributed by atoms with E-state index in [0.717, 1.165) is 25.1 Å². The lowest BCUT2D eigenvalue weighted by Gasteiger charge is -2.30. The Hall–Kier alpha value is -1.55. The van der Waals surface area contributed by atoms with E-state index in [0.29, 0.717) is 12.6 Å². The van der Waals surface area contributed by atoms with E-state index in [1.54, 1.807) is 0 Å². The van der Waals surface area contributed by atoms with Gasteiger partial charge in [-0.2, -0.15) is 0 Å². The lowest BCUT2D eigenvalue weighted by Crippen LogP contribution is -2.43. The third-order valence-electron chi connectivity index (χ3n) is 3.88. The Morgan fingerprint density at radius 2 is 2.00 bits per heavy atom. The van der Waals surface area contributed by atoms with Crippen LogP contribution in [-0.4, -0.2) is 29.6 Å². The minimum Gasteiger partial charge on any atom is -0.465 e. The van der Waals surface area contributed by atoms with Crippen molar-refractivity contribution in [1.29, 1.82) is 0 Å². The third kappa shape index (κ3) is 4.46. The Morgan fingerprint density at radius 1 is 1.33 bits per heavy atom. The van der Waals surface area contributed by atoms with E-state index < -0.39 is 0 Å². The number of nitrogen functional groups attached to an aromatic ring is 1. The summed E-state index contributed by atoms with van der Waals surface area (Å²) >= 11 is 0. The molecule has 4 nitrogen and oxygen atoms in total. The first-order valence-corrected chi connectivity index (χ1v) is 7.92. The number of carbonyl (C=O) groups is 1. The van der Waals surface area contributed by atoms with Gasteiger partial charge in [-0.1, -0.05) is 25.5 Å². The van der Waals surface area contributed by atoms with Crippen molar-refractivity contribution in [2.75, 3.05) is 12.3 Å². The lowest BCUT2D eigenvalue weighted by atomic mass is 10.1. The summed E-state index contributed by atoms with van der Waals surface area (Å²) in [6, 6.07) is 8.31. The molecule has 4 heteroatoms. The summed E-state index contributed by atoms with van der Waals surface area (Å²) in [4.78, 5) is 14.6. The highest BCUT2D eigenvalue weighted by molar-refractivity contribution is 5.75. The van der Waals surface area contributed by atoms with Crippen molar-refractivity contribution in [2.24, 2.45) is 0 Å². The molecule has 0 aliphatic heterocycles. The number of benzene rings is 1. The molecule has 21 heavy (non-hydrogen) atoms. The number of esters is 1. The van der Waals surface area contributed by atoms with Gasteiger partial charge in [-0.3, -0.25) is 9.69 Å². The number of nitrogens with zero attached hydrogens (tertiary/aromatic N) is 1. The molecule has 0 amide bonds. The summed E-state index contributed by atoms with van der Waals surface area (Å²) in [5.74, 6) is -0.0818. The van der Waals surface area contributed by atoms with Crippen LogP contribution in [0.25, 0.3) is 0 Å². The van der Waals surface area contributed by atoms with Gasteiger partial charge in [-0.05, 0) is 43.9 Å². The van der Waals surface area contributed by atoms with E-state index >= 15 is 0 Å². The maximum atomic E-state index is 12.3. The standard InChI is InChI=1S/C17H26N2O2/c1-3-5-16(17(20)21-4-2)19(15-10-11-15)12-13-6-8-14(18)9-7-13/h6-9,15-16H,3-5,10-12,18H2,1-2H3. The molecule has 1 aromatic carbocycles. The number of hydrogen-bond acceptors (Lipinski definition) is 4. The zero-order valence-corrected chi connectivity index (χ0v) is 13.0. The van der Waals surface area contributed by atoms with Gasteiger partial charge in [0.2, 0.25) is 0 Å². The van der Waals surface area contributed by atoms with Crippen LogP contribution >= 0.6 is 0 Å². The molecule has 1 unspecified atom stereocenters. The number of hydrogen-bond donors (Lipinski definition) is 1. The molecule has 0 radical (unpaired) electrons. The summed E-state index contributed by atoms with van der Waals surface area (Å²) < 4.78 is 5.27. The molecule has 1 aliphatic rings. The summed E-state index contributed by atoms with van der Waals surface area (Å²) in [6.07, 6.45) is 4.18. The van der Waals surface area contributed by atoms with Gasteiger partial charge in [0.15, 0.2) is 0 Å². The molecule has 1 aliphatic carbocycles. The van der Waals surface area contributed by atoms with E-state index in [2.05, 4.69) is 11.8 Å². The summed E-state index contributed by atoms with van der Waals surface area (Å²) in [7, 11) is 0. The van der Waals surface area contributed by atoms with Crippen LogP contribution in [0, 0.1) is 0 Å². The van der Waals surface area contributed by atoms with Crippen LogP contribution in [0.3, 0.4) is 0 Å². The fourth-order valence-corrected chi connectivity index (χ4v) is 2.66. The molecule has 2 N–H and O–H groups in total. The smallest absolute Gasteiger partial charge is 0.323 e. The van der Waals surface area contributed by atoms with E-state index in [1.165, 1.54) is 18.4 Å². The SMILES string of the molecule is CCCC(C(=O)OCC)N(Cc1ccc(N)cc1)C1CC1. The second-order valence-electron chi connectivity index (χ2n) is 5.70. The van der Waals surface area contributed by atoms with Crippen LogP contribution in [0.15, 0.2) is 24.3 Å². The zero-order valence-electron chi connectivity index (χ0n) is 13.0. The first-order chi connectivity index (χ1) is 10.2. The second kappa shape index (κ2) is 7.46. The number of ether oxygens (including phenoxy) is 1. The summed E-state index contributed by atoms with van der Waals surface area (Å²) in [6.45, 7) is 5.21. The molecule has 0 bridgehead atoms. The van der Waals surface area contributed by atoms with E-state index in [-0.39, 0.29) is 12.0 Å². The van der Waals surface area contributed by atoms with Gasteiger partial charge in [0.25, 0.3) is 0 Å². The van der Waals surface area contributed by atoms with Gasteiger partial charge in [-0.25, -0.2) is 0 Å². The van der Waals surface area contributed by atoms with Gasteiger partial charge in [-0.15, -0.1) is 0 Å². The zero-order chi connectivity index (χ0) is 15.2. The van der Waals surface area contributed by atoms with Crippen LogP contribution in [0.1, 0.15) is 45.1 Å². The average molecular weight is 290 g/mol. The number of carbonyl (C=O) groups excluding carboxylic acids is 1. The Kier molecular flexibility index (Phi) is 5.62. The van der Waals surface area contributed by atoms with Crippen LogP contribution in [0.2, 0.25) is 0 Å². The van der Waals surface area contributed by atoms with Crippen molar-refractivity contribution in [2.45, 2.75) is 58.2 Å². The quantitative estimate of drug-likeness (QED) is 0.591. The molecular formula is C17H26N2O2. The molecule has 1 aromatic rings. The molecule has 2 rings (SSSR count). The second-order valence-corrected chi connectivity index (χ2v) is 5.70. The van der Waals surface area contributed by atoms with Crippen LogP contribution in [0.4, 0.5) is 5.69 Å². The van der Waals surface area contributed by atoms with Crippen molar-refractivity contribution < 1.29 is 9.53 Å². The number of rotatable bonds is 8.